The van der Waals surface area contributed by atoms with Crippen LogP contribution in [0.2, 0.25) is 0 Å². The number of benzene rings is 3. The summed E-state index contributed by atoms with van der Waals surface area (Å²) in [5.74, 6) is 0.530. The maximum atomic E-state index is 13.1. The standard InChI is InChI=1S/C26H27F3N2O2/c1-30-25(32)24(20-6-4-3-5-7-20)31-23(17-10-18-8-15-22(33-2)16-9-18)19-11-13-21(14-12-19)26(27,28)29/h3-9,11-16,23-24,31H,10,17H2,1-2H3,(H,30,32)/t23-,24-/m0/s1. The number of methoxy groups -OCH3 is 1. The third-order valence-corrected chi connectivity index (χ3v) is 5.53. The van der Waals surface area contributed by atoms with Crippen molar-refractivity contribution in [1.29, 1.82) is 0 Å². The molecule has 1 amide bonds. The summed E-state index contributed by atoms with van der Waals surface area (Å²) in [4.78, 5) is 12.7. The van der Waals surface area contributed by atoms with E-state index in [1.54, 1.807) is 14.2 Å². The summed E-state index contributed by atoms with van der Waals surface area (Å²) in [6, 6.07) is 21.0. The van der Waals surface area contributed by atoms with Crippen LogP contribution in [0.25, 0.3) is 0 Å². The van der Waals surface area contributed by atoms with E-state index in [-0.39, 0.29) is 11.9 Å². The molecule has 0 saturated carbocycles. The lowest BCUT2D eigenvalue weighted by Gasteiger charge is -2.26. The van der Waals surface area contributed by atoms with E-state index >= 15 is 0 Å². The first-order valence-electron chi connectivity index (χ1n) is 10.6. The molecule has 2 atom stereocenters. The predicted molar refractivity (Wildman–Crippen MR) is 122 cm³/mol. The maximum absolute atomic E-state index is 13.1. The molecule has 3 aromatic rings. The Kier molecular flexibility index (Phi) is 8.11. The van der Waals surface area contributed by atoms with Crippen molar-refractivity contribution in [3.63, 3.8) is 0 Å². The van der Waals surface area contributed by atoms with Gasteiger partial charge in [-0.2, -0.15) is 13.2 Å². The van der Waals surface area contributed by atoms with Gasteiger partial charge in [-0.3, -0.25) is 10.1 Å². The highest BCUT2D eigenvalue weighted by Crippen LogP contribution is 2.31. The van der Waals surface area contributed by atoms with E-state index in [0.29, 0.717) is 18.4 Å². The number of hydrogen-bond acceptors (Lipinski definition) is 3. The van der Waals surface area contributed by atoms with Crippen molar-refractivity contribution in [2.24, 2.45) is 0 Å². The molecular formula is C26H27F3N2O2. The number of rotatable bonds is 9. The molecule has 2 N–H and O–H groups in total. The van der Waals surface area contributed by atoms with Crippen molar-refractivity contribution >= 4 is 5.91 Å². The molecule has 33 heavy (non-hydrogen) atoms. The Hall–Kier alpha value is -3.32. The molecule has 0 saturated heterocycles. The van der Waals surface area contributed by atoms with Gasteiger partial charge < -0.3 is 10.1 Å². The highest BCUT2D eigenvalue weighted by atomic mass is 19.4. The molecule has 0 aliphatic rings. The Labute approximate surface area is 191 Å². The van der Waals surface area contributed by atoms with Gasteiger partial charge in [-0.15, -0.1) is 0 Å². The van der Waals surface area contributed by atoms with Crippen molar-refractivity contribution in [3.8, 4) is 5.75 Å². The monoisotopic (exact) mass is 456 g/mol. The largest absolute Gasteiger partial charge is 0.497 e. The third kappa shape index (κ3) is 6.58. The van der Waals surface area contributed by atoms with E-state index in [0.717, 1.165) is 29.0 Å². The van der Waals surface area contributed by atoms with Crippen LogP contribution in [-0.2, 0) is 17.4 Å². The van der Waals surface area contributed by atoms with Crippen LogP contribution in [0, 0.1) is 0 Å². The van der Waals surface area contributed by atoms with Crippen molar-refractivity contribution in [2.75, 3.05) is 14.2 Å². The van der Waals surface area contributed by atoms with Gasteiger partial charge in [0, 0.05) is 13.1 Å². The summed E-state index contributed by atoms with van der Waals surface area (Å²) >= 11 is 0. The van der Waals surface area contributed by atoms with Gasteiger partial charge in [-0.1, -0.05) is 54.6 Å². The number of amides is 1. The summed E-state index contributed by atoms with van der Waals surface area (Å²) in [7, 11) is 3.16. The fraction of sp³-hybridized carbons (Fsp3) is 0.269. The van der Waals surface area contributed by atoms with E-state index < -0.39 is 17.8 Å². The van der Waals surface area contributed by atoms with Crippen LogP contribution in [-0.4, -0.2) is 20.1 Å². The van der Waals surface area contributed by atoms with Crippen LogP contribution in [0.5, 0.6) is 5.75 Å². The zero-order valence-electron chi connectivity index (χ0n) is 18.5. The number of hydrogen-bond donors (Lipinski definition) is 2. The lowest BCUT2D eigenvalue weighted by atomic mass is 9.95. The lowest BCUT2D eigenvalue weighted by molar-refractivity contribution is -0.137. The van der Waals surface area contributed by atoms with Crippen LogP contribution in [0.15, 0.2) is 78.9 Å². The number of nitrogens with one attached hydrogen (secondary N) is 2. The summed E-state index contributed by atoms with van der Waals surface area (Å²) in [5, 5.41) is 6.04. The molecule has 174 valence electrons. The second-order valence-corrected chi connectivity index (χ2v) is 7.68. The molecule has 0 aliphatic carbocycles. The predicted octanol–water partition coefficient (Wildman–Crippen LogP) is 5.46. The molecule has 0 aromatic heterocycles. The molecule has 0 bridgehead atoms. The normalized spacial score (nSPS) is 13.2. The molecule has 4 nitrogen and oxygen atoms in total. The van der Waals surface area contributed by atoms with Gasteiger partial charge in [0.2, 0.25) is 5.91 Å². The molecule has 0 radical (unpaired) electrons. The second-order valence-electron chi connectivity index (χ2n) is 7.68. The third-order valence-electron chi connectivity index (χ3n) is 5.53. The first-order valence-corrected chi connectivity index (χ1v) is 10.6. The molecule has 3 aromatic carbocycles. The molecule has 0 heterocycles. The minimum Gasteiger partial charge on any atom is -0.497 e. The van der Waals surface area contributed by atoms with Gasteiger partial charge in [-0.05, 0) is 53.8 Å². The smallest absolute Gasteiger partial charge is 0.416 e. The van der Waals surface area contributed by atoms with E-state index in [2.05, 4.69) is 10.6 Å². The van der Waals surface area contributed by atoms with Crippen molar-refractivity contribution in [3.05, 3.63) is 101 Å². The lowest BCUT2D eigenvalue weighted by Crippen LogP contribution is -2.38. The zero-order chi connectivity index (χ0) is 23.8. The maximum Gasteiger partial charge on any atom is 0.416 e. The first kappa shape index (κ1) is 24.3. The molecule has 0 spiro atoms. The van der Waals surface area contributed by atoms with Crippen LogP contribution in [0.4, 0.5) is 13.2 Å². The van der Waals surface area contributed by atoms with Crippen LogP contribution in [0.1, 0.15) is 40.8 Å². The van der Waals surface area contributed by atoms with Gasteiger partial charge in [-0.25, -0.2) is 0 Å². The van der Waals surface area contributed by atoms with Crippen molar-refractivity contribution in [2.45, 2.75) is 31.1 Å². The quantitative estimate of drug-likeness (QED) is 0.449. The van der Waals surface area contributed by atoms with E-state index in [1.807, 2.05) is 54.6 Å². The summed E-state index contributed by atoms with van der Waals surface area (Å²) in [6.07, 6.45) is -3.16. The minimum absolute atomic E-state index is 0.220. The minimum atomic E-state index is -4.40. The fourth-order valence-electron chi connectivity index (χ4n) is 3.67. The van der Waals surface area contributed by atoms with E-state index in [9.17, 15) is 18.0 Å². The number of ether oxygens (including phenoxy) is 1. The number of carbonyl (C=O) groups excluding carboxylic acids is 1. The fourth-order valence-corrected chi connectivity index (χ4v) is 3.67. The molecule has 7 heteroatoms. The Balaban J connectivity index is 1.88. The zero-order valence-corrected chi connectivity index (χ0v) is 18.5. The first-order chi connectivity index (χ1) is 15.8. The Bertz CT molecular complexity index is 1020. The molecule has 0 aliphatic heterocycles. The molecule has 0 fully saturated rings. The SMILES string of the molecule is CNC(=O)[C@@H](N[C@@H](CCc1ccc(OC)cc1)c1ccc(C(F)(F)F)cc1)c1ccccc1. The van der Waals surface area contributed by atoms with Gasteiger partial charge in [0.1, 0.15) is 11.8 Å². The highest BCUT2D eigenvalue weighted by Gasteiger charge is 2.31. The van der Waals surface area contributed by atoms with Crippen LogP contribution in [0.3, 0.4) is 0 Å². The second kappa shape index (κ2) is 11.0. The number of alkyl halides is 3. The average molecular weight is 457 g/mol. The average Bonchev–Trinajstić information content (AvgIpc) is 2.84. The Morgan fingerprint density at radius 1 is 0.909 bits per heavy atom. The summed E-state index contributed by atoms with van der Waals surface area (Å²) < 4.78 is 44.4. The number of carbonyl (C=O) groups is 1. The van der Waals surface area contributed by atoms with Gasteiger partial charge >= 0.3 is 6.18 Å². The number of likely N-dealkylation sites (N-methyl/N-ethyl adjacent to an activating group) is 1. The Morgan fingerprint density at radius 3 is 2.09 bits per heavy atom. The molecule has 0 unspecified atom stereocenters. The summed E-state index contributed by atoms with van der Waals surface area (Å²) in [5.41, 5.74) is 1.82. The Morgan fingerprint density at radius 2 is 1.55 bits per heavy atom. The van der Waals surface area contributed by atoms with E-state index in [1.165, 1.54) is 12.1 Å². The highest BCUT2D eigenvalue weighted by molar-refractivity contribution is 5.83. The molecular weight excluding hydrogens is 429 g/mol. The number of halogens is 3. The van der Waals surface area contributed by atoms with Gasteiger partial charge in [0.05, 0.1) is 12.7 Å². The van der Waals surface area contributed by atoms with Crippen LogP contribution >= 0.6 is 0 Å². The molecule has 3 rings (SSSR count). The van der Waals surface area contributed by atoms with Crippen LogP contribution < -0.4 is 15.4 Å². The van der Waals surface area contributed by atoms with Gasteiger partial charge in [0.15, 0.2) is 0 Å². The van der Waals surface area contributed by atoms with E-state index in [4.69, 9.17) is 4.74 Å². The van der Waals surface area contributed by atoms with Gasteiger partial charge in [0.25, 0.3) is 0 Å². The van der Waals surface area contributed by atoms with Crippen molar-refractivity contribution in [1.82, 2.24) is 10.6 Å². The summed E-state index contributed by atoms with van der Waals surface area (Å²) in [6.45, 7) is 0. The topological polar surface area (TPSA) is 50.4 Å². The number of aryl methyl sites for hydroxylation is 1. The van der Waals surface area contributed by atoms with Crippen molar-refractivity contribution < 1.29 is 22.7 Å².